The summed E-state index contributed by atoms with van der Waals surface area (Å²) in [6.45, 7) is 1.70. The van der Waals surface area contributed by atoms with Gasteiger partial charge in [-0.25, -0.2) is 0 Å². The molecule has 1 aliphatic carbocycles. The summed E-state index contributed by atoms with van der Waals surface area (Å²) in [6, 6.07) is 11.5. The van der Waals surface area contributed by atoms with E-state index in [0.29, 0.717) is 5.75 Å². The first-order chi connectivity index (χ1) is 12.5. The van der Waals surface area contributed by atoms with E-state index in [-0.39, 0.29) is 25.0 Å². The summed E-state index contributed by atoms with van der Waals surface area (Å²) in [6.07, 6.45) is 3.35. The topological polar surface area (TPSA) is 67.4 Å². The number of anilines is 1. The molecule has 0 bridgehead atoms. The Bertz CT molecular complexity index is 836. The summed E-state index contributed by atoms with van der Waals surface area (Å²) >= 11 is 3.38. The number of aryl methyl sites for hydroxylation is 3. The van der Waals surface area contributed by atoms with Gasteiger partial charge < -0.3 is 15.4 Å². The van der Waals surface area contributed by atoms with Crippen LogP contribution in [-0.2, 0) is 22.4 Å². The van der Waals surface area contributed by atoms with Gasteiger partial charge >= 0.3 is 0 Å². The lowest BCUT2D eigenvalue weighted by atomic mass is 10.1. The van der Waals surface area contributed by atoms with E-state index in [9.17, 15) is 9.59 Å². The standard InChI is InChI=1S/C20H21BrN2O3/c1-13-9-16(21)6-8-18(13)23-19(24)11-22-20(25)12-26-17-7-5-14-3-2-4-15(14)10-17/h5-10H,2-4,11-12H2,1H3,(H,22,25)(H,23,24). The highest BCUT2D eigenvalue weighted by atomic mass is 79.9. The molecule has 1 aliphatic rings. The van der Waals surface area contributed by atoms with E-state index in [4.69, 9.17) is 4.74 Å². The highest BCUT2D eigenvalue weighted by molar-refractivity contribution is 9.10. The second-order valence-corrected chi connectivity index (χ2v) is 7.27. The van der Waals surface area contributed by atoms with Gasteiger partial charge in [-0.2, -0.15) is 0 Å². The Morgan fingerprint density at radius 1 is 1.08 bits per heavy atom. The molecule has 0 aliphatic heterocycles. The zero-order valence-electron chi connectivity index (χ0n) is 14.6. The molecule has 0 atom stereocenters. The van der Waals surface area contributed by atoms with Gasteiger partial charge in [-0.1, -0.05) is 22.0 Å². The van der Waals surface area contributed by atoms with Gasteiger partial charge in [0.05, 0.1) is 6.54 Å². The summed E-state index contributed by atoms with van der Waals surface area (Å²) in [5, 5.41) is 5.35. The normalized spacial score (nSPS) is 12.4. The van der Waals surface area contributed by atoms with E-state index in [0.717, 1.165) is 28.6 Å². The van der Waals surface area contributed by atoms with Crippen molar-refractivity contribution in [3.63, 3.8) is 0 Å². The highest BCUT2D eigenvalue weighted by Gasteiger charge is 2.12. The number of fused-ring (bicyclic) bond motifs is 1. The molecule has 0 saturated carbocycles. The van der Waals surface area contributed by atoms with Crippen LogP contribution in [0.1, 0.15) is 23.1 Å². The van der Waals surface area contributed by atoms with Gasteiger partial charge in [-0.05, 0) is 73.2 Å². The van der Waals surface area contributed by atoms with Crippen LogP contribution in [0.4, 0.5) is 5.69 Å². The number of halogens is 1. The fourth-order valence-electron chi connectivity index (χ4n) is 2.98. The highest BCUT2D eigenvalue weighted by Crippen LogP contribution is 2.26. The molecule has 26 heavy (non-hydrogen) atoms. The summed E-state index contributed by atoms with van der Waals surface area (Å²) < 4.78 is 6.48. The number of hydrogen-bond donors (Lipinski definition) is 2. The molecule has 0 saturated heterocycles. The first-order valence-electron chi connectivity index (χ1n) is 8.58. The molecule has 2 N–H and O–H groups in total. The van der Waals surface area contributed by atoms with Crippen LogP contribution in [0.2, 0.25) is 0 Å². The number of carbonyl (C=O) groups excluding carboxylic acids is 2. The van der Waals surface area contributed by atoms with Crippen molar-refractivity contribution < 1.29 is 14.3 Å². The first kappa shape index (κ1) is 18.5. The predicted molar refractivity (Wildman–Crippen MR) is 104 cm³/mol. The zero-order valence-corrected chi connectivity index (χ0v) is 16.2. The Labute approximate surface area is 161 Å². The van der Waals surface area contributed by atoms with Gasteiger partial charge in [0.15, 0.2) is 6.61 Å². The van der Waals surface area contributed by atoms with E-state index in [1.54, 1.807) is 0 Å². The molecule has 0 radical (unpaired) electrons. The molecule has 0 aromatic heterocycles. The van der Waals surface area contributed by atoms with Crippen LogP contribution in [0.5, 0.6) is 5.75 Å². The van der Waals surface area contributed by atoms with Crippen LogP contribution in [0, 0.1) is 6.92 Å². The minimum atomic E-state index is -0.326. The maximum atomic E-state index is 12.0. The second kappa shape index (κ2) is 8.36. The monoisotopic (exact) mass is 416 g/mol. The fourth-order valence-corrected chi connectivity index (χ4v) is 3.45. The Kier molecular flexibility index (Phi) is 5.93. The molecule has 0 heterocycles. The number of benzene rings is 2. The maximum absolute atomic E-state index is 12.0. The summed E-state index contributed by atoms with van der Waals surface area (Å²) in [4.78, 5) is 23.9. The van der Waals surface area contributed by atoms with Crippen molar-refractivity contribution in [3.8, 4) is 5.75 Å². The van der Waals surface area contributed by atoms with Crippen molar-refractivity contribution in [2.75, 3.05) is 18.5 Å². The van der Waals surface area contributed by atoms with E-state index in [1.807, 2.05) is 37.3 Å². The third-order valence-corrected chi connectivity index (χ3v) is 4.84. The second-order valence-electron chi connectivity index (χ2n) is 6.36. The molecular weight excluding hydrogens is 396 g/mol. The van der Waals surface area contributed by atoms with E-state index in [1.165, 1.54) is 17.5 Å². The van der Waals surface area contributed by atoms with Crippen LogP contribution in [0.25, 0.3) is 0 Å². The molecule has 6 heteroatoms. The Balaban J connectivity index is 1.43. The van der Waals surface area contributed by atoms with Gasteiger partial charge in [-0.3, -0.25) is 9.59 Å². The molecule has 0 spiro atoms. The van der Waals surface area contributed by atoms with E-state index in [2.05, 4.69) is 32.6 Å². The van der Waals surface area contributed by atoms with Crippen LogP contribution in [-0.4, -0.2) is 25.0 Å². The van der Waals surface area contributed by atoms with Crippen molar-refractivity contribution in [3.05, 3.63) is 57.6 Å². The number of hydrogen-bond acceptors (Lipinski definition) is 3. The SMILES string of the molecule is Cc1cc(Br)ccc1NC(=O)CNC(=O)COc1ccc2c(c1)CCC2. The third-order valence-electron chi connectivity index (χ3n) is 4.35. The zero-order chi connectivity index (χ0) is 18.5. The molecule has 2 aromatic carbocycles. The lowest BCUT2D eigenvalue weighted by Gasteiger charge is -2.10. The van der Waals surface area contributed by atoms with E-state index < -0.39 is 0 Å². The molecule has 0 unspecified atom stereocenters. The average molecular weight is 417 g/mol. The molecule has 2 aromatic rings. The van der Waals surface area contributed by atoms with Crippen molar-refractivity contribution in [1.82, 2.24) is 5.32 Å². The molecule has 3 rings (SSSR count). The molecule has 5 nitrogen and oxygen atoms in total. The molecule has 0 fully saturated rings. The fraction of sp³-hybridized carbons (Fsp3) is 0.300. The average Bonchev–Trinajstić information content (AvgIpc) is 3.08. The van der Waals surface area contributed by atoms with Crippen molar-refractivity contribution >= 4 is 33.4 Å². The summed E-state index contributed by atoms with van der Waals surface area (Å²) in [5.74, 6) is 0.0882. The number of carbonyl (C=O) groups is 2. The van der Waals surface area contributed by atoms with Crippen LogP contribution in [0.15, 0.2) is 40.9 Å². The lowest BCUT2D eigenvalue weighted by molar-refractivity contribution is -0.125. The molecular formula is C20H21BrN2O3. The Morgan fingerprint density at radius 3 is 2.69 bits per heavy atom. The Hall–Kier alpha value is -2.34. The van der Waals surface area contributed by atoms with E-state index >= 15 is 0 Å². The first-order valence-corrected chi connectivity index (χ1v) is 9.38. The lowest BCUT2D eigenvalue weighted by Crippen LogP contribution is -2.35. The van der Waals surface area contributed by atoms with Gasteiger partial charge in [-0.15, -0.1) is 0 Å². The predicted octanol–water partition coefficient (Wildman–Crippen LogP) is 3.38. The third kappa shape index (κ3) is 4.85. The van der Waals surface area contributed by atoms with Crippen molar-refractivity contribution in [2.45, 2.75) is 26.2 Å². The van der Waals surface area contributed by atoms with Crippen LogP contribution in [0.3, 0.4) is 0 Å². The number of rotatable bonds is 6. The quantitative estimate of drug-likeness (QED) is 0.758. The minimum Gasteiger partial charge on any atom is -0.484 e. The summed E-state index contributed by atoms with van der Waals surface area (Å²) in [5.41, 5.74) is 4.33. The van der Waals surface area contributed by atoms with Crippen molar-refractivity contribution in [2.24, 2.45) is 0 Å². The molecule has 136 valence electrons. The van der Waals surface area contributed by atoms with Gasteiger partial charge in [0.2, 0.25) is 5.91 Å². The van der Waals surface area contributed by atoms with Gasteiger partial charge in [0.25, 0.3) is 5.91 Å². The number of ether oxygens (including phenoxy) is 1. The summed E-state index contributed by atoms with van der Waals surface area (Å²) in [7, 11) is 0. The maximum Gasteiger partial charge on any atom is 0.258 e. The van der Waals surface area contributed by atoms with Gasteiger partial charge in [0, 0.05) is 10.2 Å². The minimum absolute atomic E-state index is 0.0954. The van der Waals surface area contributed by atoms with Crippen LogP contribution < -0.4 is 15.4 Å². The van der Waals surface area contributed by atoms with Crippen molar-refractivity contribution in [1.29, 1.82) is 0 Å². The number of amides is 2. The Morgan fingerprint density at radius 2 is 1.88 bits per heavy atom. The smallest absolute Gasteiger partial charge is 0.258 e. The number of nitrogens with one attached hydrogen (secondary N) is 2. The van der Waals surface area contributed by atoms with Crippen LogP contribution >= 0.6 is 15.9 Å². The largest absolute Gasteiger partial charge is 0.484 e. The van der Waals surface area contributed by atoms with Gasteiger partial charge in [0.1, 0.15) is 5.75 Å². The molecule has 2 amide bonds.